The van der Waals surface area contributed by atoms with Crippen molar-refractivity contribution in [3.05, 3.63) is 83.4 Å². The Kier molecular flexibility index (Phi) is 7.87. The molecule has 1 aliphatic rings. The lowest BCUT2D eigenvalue weighted by molar-refractivity contribution is -0.192. The van der Waals surface area contributed by atoms with Crippen molar-refractivity contribution in [3.8, 4) is 11.6 Å². The molecule has 0 aliphatic carbocycles. The molecule has 0 amide bonds. The largest absolute Gasteiger partial charge is 0.508 e. The van der Waals surface area contributed by atoms with Gasteiger partial charge in [-0.25, -0.2) is 24.4 Å². The minimum Gasteiger partial charge on any atom is -0.508 e. The molecule has 3 N–H and O–H groups in total. The summed E-state index contributed by atoms with van der Waals surface area (Å²) in [6.07, 6.45) is -1.95. The van der Waals surface area contributed by atoms with Gasteiger partial charge in [0.1, 0.15) is 11.1 Å². The highest BCUT2D eigenvalue weighted by molar-refractivity contribution is 5.96. The van der Waals surface area contributed by atoms with Crippen molar-refractivity contribution in [1.29, 1.82) is 0 Å². The standard InChI is InChI=1S/C28H25N9O2.C2HF3O2/c1-34-12-14-35(15-13-34)19-7-5-18(6-8-19)31-28-30-17-22-25(33-28)32-26-21-10-9-20(38)16-23(21)36(37(26)27(22)39)24-4-2-3-11-29-24;3-2(4,5)1(6)7/h2-11,16-17,38H,12-15H2,1H3,(H,30,31,33);(H,6,7). The predicted molar refractivity (Wildman–Crippen MR) is 164 cm³/mol. The van der Waals surface area contributed by atoms with Crippen LogP contribution in [0.3, 0.4) is 0 Å². The van der Waals surface area contributed by atoms with Crippen LogP contribution in [0.2, 0.25) is 0 Å². The molecule has 0 unspecified atom stereocenters. The lowest BCUT2D eigenvalue weighted by Gasteiger charge is -2.34. The van der Waals surface area contributed by atoms with Crippen LogP contribution in [-0.4, -0.2) is 89.6 Å². The summed E-state index contributed by atoms with van der Waals surface area (Å²) in [5.74, 6) is -1.82. The van der Waals surface area contributed by atoms with Gasteiger partial charge in [-0.2, -0.15) is 22.7 Å². The minimum atomic E-state index is -5.08. The fourth-order valence-corrected chi connectivity index (χ4v) is 5.03. The maximum Gasteiger partial charge on any atom is 0.490 e. The molecule has 46 heavy (non-hydrogen) atoms. The van der Waals surface area contributed by atoms with Crippen molar-refractivity contribution < 1.29 is 28.2 Å². The molecule has 0 bridgehead atoms. The first kappa shape index (κ1) is 30.3. The average molecular weight is 634 g/mol. The van der Waals surface area contributed by atoms with Crippen molar-refractivity contribution in [1.82, 2.24) is 34.0 Å². The number of aliphatic carboxylic acids is 1. The number of carboxylic acid groups (broad SMARTS) is 1. The Hall–Kier alpha value is -5.77. The van der Waals surface area contributed by atoms with Crippen LogP contribution < -0.4 is 15.8 Å². The average Bonchev–Trinajstić information content (AvgIpc) is 3.35. The van der Waals surface area contributed by atoms with Crippen LogP contribution in [-0.2, 0) is 4.79 Å². The third-order valence-corrected chi connectivity index (χ3v) is 7.35. The second kappa shape index (κ2) is 12.0. The third kappa shape index (κ3) is 5.97. The molecule has 0 radical (unpaired) electrons. The number of rotatable bonds is 4. The van der Waals surface area contributed by atoms with E-state index in [4.69, 9.17) is 14.9 Å². The summed E-state index contributed by atoms with van der Waals surface area (Å²) in [5.41, 5.74) is 2.97. The van der Waals surface area contributed by atoms with E-state index in [9.17, 15) is 23.1 Å². The number of piperazine rings is 1. The topological polar surface area (TPSA) is 154 Å². The number of hydrogen-bond acceptors (Lipinski definition) is 10. The van der Waals surface area contributed by atoms with Crippen molar-refractivity contribution in [2.75, 3.05) is 43.4 Å². The fraction of sp³-hybridized carbons (Fsp3) is 0.200. The van der Waals surface area contributed by atoms with Gasteiger partial charge in [0.2, 0.25) is 5.95 Å². The molecule has 0 spiro atoms. The molecule has 7 rings (SSSR count). The summed E-state index contributed by atoms with van der Waals surface area (Å²) in [6.45, 7) is 4.10. The van der Waals surface area contributed by atoms with Crippen molar-refractivity contribution in [2.24, 2.45) is 0 Å². The van der Waals surface area contributed by atoms with Crippen LogP contribution in [0.15, 0.2) is 77.9 Å². The zero-order chi connectivity index (χ0) is 32.6. The maximum atomic E-state index is 13.7. The minimum absolute atomic E-state index is 0.0741. The number of anilines is 3. The number of nitrogens with zero attached hydrogens (tertiary/aromatic N) is 8. The maximum absolute atomic E-state index is 13.7. The van der Waals surface area contributed by atoms with Gasteiger partial charge in [-0.1, -0.05) is 6.07 Å². The summed E-state index contributed by atoms with van der Waals surface area (Å²) >= 11 is 0. The Bertz CT molecular complexity index is 2110. The second-order valence-electron chi connectivity index (χ2n) is 10.4. The molecule has 4 aromatic heterocycles. The van der Waals surface area contributed by atoms with Gasteiger partial charge in [-0.3, -0.25) is 4.79 Å². The Labute approximate surface area is 257 Å². The molecule has 0 atom stereocenters. The van der Waals surface area contributed by atoms with Gasteiger partial charge in [0.25, 0.3) is 5.56 Å². The molecule has 13 nitrogen and oxygen atoms in total. The van der Waals surface area contributed by atoms with Gasteiger partial charge in [0.05, 0.1) is 5.52 Å². The number of phenols is 1. The van der Waals surface area contributed by atoms with Gasteiger partial charge >= 0.3 is 12.1 Å². The molecule has 16 heteroatoms. The Morgan fingerprint density at radius 2 is 1.65 bits per heavy atom. The van der Waals surface area contributed by atoms with E-state index < -0.39 is 12.1 Å². The molecule has 2 aromatic carbocycles. The number of hydrogen-bond donors (Lipinski definition) is 3. The van der Waals surface area contributed by atoms with Gasteiger partial charge in [0, 0.05) is 61.4 Å². The highest BCUT2D eigenvalue weighted by Gasteiger charge is 2.38. The summed E-state index contributed by atoms with van der Waals surface area (Å²) < 4.78 is 34.8. The number of alkyl halides is 3. The second-order valence-corrected chi connectivity index (χ2v) is 10.4. The highest BCUT2D eigenvalue weighted by atomic mass is 19.4. The Balaban J connectivity index is 0.000000480. The monoisotopic (exact) mass is 633 g/mol. The smallest absolute Gasteiger partial charge is 0.490 e. The van der Waals surface area contributed by atoms with Crippen LogP contribution in [0, 0.1) is 0 Å². The zero-order valence-electron chi connectivity index (χ0n) is 24.2. The summed E-state index contributed by atoms with van der Waals surface area (Å²) in [4.78, 5) is 45.5. The fourth-order valence-electron chi connectivity index (χ4n) is 5.03. The van der Waals surface area contributed by atoms with Gasteiger partial charge in [0.15, 0.2) is 17.1 Å². The Morgan fingerprint density at radius 1 is 0.935 bits per heavy atom. The lowest BCUT2D eigenvalue weighted by atomic mass is 10.2. The molecular weight excluding hydrogens is 607 g/mol. The number of fused-ring (bicyclic) bond motifs is 4. The lowest BCUT2D eigenvalue weighted by Crippen LogP contribution is -2.44. The van der Waals surface area contributed by atoms with E-state index in [0.717, 1.165) is 31.9 Å². The molecule has 1 saturated heterocycles. The van der Waals surface area contributed by atoms with Crippen LogP contribution in [0.5, 0.6) is 5.75 Å². The number of benzene rings is 2. The van der Waals surface area contributed by atoms with Crippen LogP contribution >= 0.6 is 0 Å². The number of likely N-dealkylation sites (N-methyl/N-ethyl adjacent to an activating group) is 1. The van der Waals surface area contributed by atoms with E-state index >= 15 is 0 Å². The SMILES string of the molecule is CN1CCN(c2ccc(Nc3ncc4c(=O)n5c(nc4n3)c3ccc(O)cc3n5-c3ccccn3)cc2)CC1.O=C(O)C(F)(F)F. The van der Waals surface area contributed by atoms with E-state index in [2.05, 4.69) is 49.2 Å². The molecule has 5 heterocycles. The first-order valence-electron chi connectivity index (χ1n) is 13.9. The number of carbonyl (C=O) groups is 1. The summed E-state index contributed by atoms with van der Waals surface area (Å²) in [6, 6.07) is 18.5. The molecule has 6 aromatic rings. The normalized spacial score (nSPS) is 14.0. The summed E-state index contributed by atoms with van der Waals surface area (Å²) in [5, 5.41) is 21.5. The van der Waals surface area contributed by atoms with Gasteiger partial charge in [-0.15, -0.1) is 0 Å². The molecule has 0 saturated carbocycles. The van der Waals surface area contributed by atoms with Crippen LogP contribution in [0.1, 0.15) is 0 Å². The molecule has 236 valence electrons. The first-order valence-corrected chi connectivity index (χ1v) is 13.9. The molecular formula is C30H26F3N9O4. The third-order valence-electron chi connectivity index (χ3n) is 7.35. The molecule has 1 fully saturated rings. The van der Waals surface area contributed by atoms with Crippen molar-refractivity contribution >= 4 is 50.9 Å². The Morgan fingerprint density at radius 3 is 2.30 bits per heavy atom. The quantitative estimate of drug-likeness (QED) is 0.260. The highest BCUT2D eigenvalue weighted by Crippen LogP contribution is 2.28. The van der Waals surface area contributed by atoms with Crippen LogP contribution in [0.25, 0.3) is 33.4 Å². The number of phenolic OH excluding ortho intramolecular Hbond substituents is 1. The number of pyridine rings is 1. The predicted octanol–water partition coefficient (Wildman–Crippen LogP) is 3.81. The van der Waals surface area contributed by atoms with Crippen molar-refractivity contribution in [2.45, 2.75) is 6.18 Å². The van der Waals surface area contributed by atoms with E-state index in [1.807, 2.05) is 18.2 Å². The van der Waals surface area contributed by atoms with Crippen molar-refractivity contribution in [3.63, 3.8) is 0 Å². The number of halogens is 3. The number of nitrogens with one attached hydrogen (secondary N) is 1. The van der Waals surface area contributed by atoms with Crippen LogP contribution in [0.4, 0.5) is 30.5 Å². The number of aromatic hydroxyl groups is 1. The summed E-state index contributed by atoms with van der Waals surface area (Å²) in [7, 11) is 2.14. The van der Waals surface area contributed by atoms with Gasteiger partial charge < -0.3 is 25.3 Å². The van der Waals surface area contributed by atoms with Gasteiger partial charge in [-0.05, 0) is 55.6 Å². The van der Waals surface area contributed by atoms with E-state index in [1.165, 1.54) is 16.4 Å². The molecule has 1 aliphatic heterocycles. The number of aromatic nitrogens is 6. The number of carboxylic acids is 1. The van der Waals surface area contributed by atoms with E-state index in [0.29, 0.717) is 28.3 Å². The van der Waals surface area contributed by atoms with E-state index in [1.54, 1.807) is 41.2 Å². The first-order chi connectivity index (χ1) is 22.0. The van der Waals surface area contributed by atoms with E-state index in [-0.39, 0.29) is 22.3 Å². The zero-order valence-corrected chi connectivity index (χ0v) is 24.2.